The lowest BCUT2D eigenvalue weighted by Crippen LogP contribution is -1.88. The van der Waals surface area contributed by atoms with Gasteiger partial charge in [-0.15, -0.1) is 0 Å². The van der Waals surface area contributed by atoms with E-state index in [1.807, 2.05) is 18.2 Å². The van der Waals surface area contributed by atoms with E-state index in [0.29, 0.717) is 0 Å². The fraction of sp³-hybridized carbons (Fsp3) is 0.467. The molecule has 0 bridgehead atoms. The standard InChI is InChI=1S/C15H22O2/c1-4-5-6-7-8-9-13-10-14(16-2)12-15(11-13)17-3/h8-12H,4-7H2,1-3H3. The van der Waals surface area contributed by atoms with Crippen molar-refractivity contribution in [1.29, 1.82) is 0 Å². The van der Waals surface area contributed by atoms with Crippen LogP contribution in [-0.2, 0) is 0 Å². The van der Waals surface area contributed by atoms with E-state index in [4.69, 9.17) is 9.47 Å². The lowest BCUT2D eigenvalue weighted by molar-refractivity contribution is 0.394. The van der Waals surface area contributed by atoms with E-state index >= 15 is 0 Å². The van der Waals surface area contributed by atoms with Crippen molar-refractivity contribution < 1.29 is 9.47 Å². The van der Waals surface area contributed by atoms with Gasteiger partial charge < -0.3 is 9.47 Å². The fourth-order valence-electron chi connectivity index (χ4n) is 1.66. The Morgan fingerprint density at radius 2 is 1.65 bits per heavy atom. The number of hydrogen-bond acceptors (Lipinski definition) is 2. The number of rotatable bonds is 7. The summed E-state index contributed by atoms with van der Waals surface area (Å²) in [6, 6.07) is 5.91. The number of methoxy groups -OCH3 is 2. The summed E-state index contributed by atoms with van der Waals surface area (Å²) < 4.78 is 10.5. The van der Waals surface area contributed by atoms with E-state index in [1.54, 1.807) is 14.2 Å². The Morgan fingerprint density at radius 1 is 1.00 bits per heavy atom. The third kappa shape index (κ3) is 4.94. The average molecular weight is 234 g/mol. The van der Waals surface area contributed by atoms with Gasteiger partial charge in [-0.05, 0) is 30.5 Å². The molecule has 0 spiro atoms. The zero-order valence-electron chi connectivity index (χ0n) is 11.0. The zero-order valence-corrected chi connectivity index (χ0v) is 11.0. The molecule has 0 saturated heterocycles. The molecule has 1 aromatic carbocycles. The predicted octanol–water partition coefficient (Wildman–Crippen LogP) is 4.30. The Morgan fingerprint density at radius 3 is 2.18 bits per heavy atom. The SMILES string of the molecule is CCCCCC=Cc1cc(OC)cc(OC)c1. The van der Waals surface area contributed by atoms with Crippen LogP contribution in [0.4, 0.5) is 0 Å². The summed E-state index contributed by atoms with van der Waals surface area (Å²) in [7, 11) is 3.34. The molecular formula is C15H22O2. The van der Waals surface area contributed by atoms with Crippen LogP contribution in [0.3, 0.4) is 0 Å². The van der Waals surface area contributed by atoms with Gasteiger partial charge in [0.05, 0.1) is 14.2 Å². The molecule has 0 heterocycles. The second kappa shape index (κ2) is 7.77. The van der Waals surface area contributed by atoms with Crippen molar-refractivity contribution in [2.45, 2.75) is 32.6 Å². The van der Waals surface area contributed by atoms with Crippen LogP contribution in [0, 0.1) is 0 Å². The van der Waals surface area contributed by atoms with Crippen LogP contribution in [0.15, 0.2) is 24.3 Å². The number of ether oxygens (including phenoxy) is 2. The molecule has 1 rings (SSSR count). The Balaban J connectivity index is 2.62. The summed E-state index contributed by atoms with van der Waals surface area (Å²) in [5, 5.41) is 0. The van der Waals surface area contributed by atoms with Crippen molar-refractivity contribution in [3.8, 4) is 11.5 Å². The van der Waals surface area contributed by atoms with E-state index < -0.39 is 0 Å². The molecule has 0 fully saturated rings. The second-order valence-corrected chi connectivity index (χ2v) is 4.04. The van der Waals surface area contributed by atoms with Crippen molar-refractivity contribution in [3.05, 3.63) is 29.8 Å². The summed E-state index contributed by atoms with van der Waals surface area (Å²) in [6.07, 6.45) is 9.29. The number of unbranched alkanes of at least 4 members (excludes halogenated alkanes) is 3. The van der Waals surface area contributed by atoms with Crippen LogP contribution >= 0.6 is 0 Å². The fourth-order valence-corrected chi connectivity index (χ4v) is 1.66. The molecule has 17 heavy (non-hydrogen) atoms. The van der Waals surface area contributed by atoms with E-state index in [0.717, 1.165) is 23.5 Å². The summed E-state index contributed by atoms with van der Waals surface area (Å²) in [5.74, 6) is 1.66. The highest BCUT2D eigenvalue weighted by atomic mass is 16.5. The smallest absolute Gasteiger partial charge is 0.123 e. The molecule has 0 aromatic heterocycles. The molecule has 0 N–H and O–H groups in total. The van der Waals surface area contributed by atoms with Gasteiger partial charge in [-0.25, -0.2) is 0 Å². The molecule has 0 atom stereocenters. The maximum Gasteiger partial charge on any atom is 0.123 e. The van der Waals surface area contributed by atoms with Crippen LogP contribution in [0.2, 0.25) is 0 Å². The van der Waals surface area contributed by atoms with E-state index in [1.165, 1.54) is 19.3 Å². The molecular weight excluding hydrogens is 212 g/mol. The zero-order chi connectivity index (χ0) is 12.5. The van der Waals surface area contributed by atoms with Gasteiger partial charge in [0, 0.05) is 6.07 Å². The molecule has 0 unspecified atom stereocenters. The molecule has 0 aliphatic rings. The largest absolute Gasteiger partial charge is 0.497 e. The summed E-state index contributed by atoms with van der Waals surface area (Å²) >= 11 is 0. The molecule has 94 valence electrons. The summed E-state index contributed by atoms with van der Waals surface area (Å²) in [4.78, 5) is 0. The Labute approximate surface area is 104 Å². The third-order valence-corrected chi connectivity index (χ3v) is 2.66. The van der Waals surface area contributed by atoms with Gasteiger partial charge in [0.2, 0.25) is 0 Å². The highest BCUT2D eigenvalue weighted by Crippen LogP contribution is 2.23. The molecule has 0 radical (unpaired) electrons. The lowest BCUT2D eigenvalue weighted by Gasteiger charge is -2.05. The number of hydrogen-bond donors (Lipinski definition) is 0. The van der Waals surface area contributed by atoms with Gasteiger partial charge in [-0.1, -0.05) is 31.9 Å². The van der Waals surface area contributed by atoms with Crippen LogP contribution in [0.5, 0.6) is 11.5 Å². The molecule has 0 saturated carbocycles. The predicted molar refractivity (Wildman–Crippen MR) is 72.7 cm³/mol. The third-order valence-electron chi connectivity index (χ3n) is 2.66. The summed E-state index contributed by atoms with van der Waals surface area (Å²) in [5.41, 5.74) is 1.12. The quantitative estimate of drug-likeness (QED) is 0.655. The van der Waals surface area contributed by atoms with Crippen LogP contribution < -0.4 is 9.47 Å². The van der Waals surface area contributed by atoms with Crippen molar-refractivity contribution >= 4 is 6.08 Å². The van der Waals surface area contributed by atoms with Crippen LogP contribution in [0.1, 0.15) is 38.2 Å². The van der Waals surface area contributed by atoms with Crippen molar-refractivity contribution in [3.63, 3.8) is 0 Å². The summed E-state index contributed by atoms with van der Waals surface area (Å²) in [6.45, 7) is 2.22. The Bertz CT molecular complexity index is 334. The van der Waals surface area contributed by atoms with Gasteiger partial charge in [0.25, 0.3) is 0 Å². The first kappa shape index (κ1) is 13.6. The van der Waals surface area contributed by atoms with E-state index in [-0.39, 0.29) is 0 Å². The molecule has 1 aromatic rings. The van der Waals surface area contributed by atoms with E-state index in [2.05, 4.69) is 19.1 Å². The van der Waals surface area contributed by atoms with Crippen LogP contribution in [0.25, 0.3) is 6.08 Å². The molecule has 0 aliphatic carbocycles. The lowest BCUT2D eigenvalue weighted by atomic mass is 10.1. The number of allylic oxidation sites excluding steroid dienone is 1. The second-order valence-electron chi connectivity index (χ2n) is 4.04. The number of benzene rings is 1. The van der Waals surface area contributed by atoms with Gasteiger partial charge in [0.1, 0.15) is 11.5 Å². The molecule has 2 heteroatoms. The first-order valence-electron chi connectivity index (χ1n) is 6.19. The van der Waals surface area contributed by atoms with Gasteiger partial charge >= 0.3 is 0 Å². The van der Waals surface area contributed by atoms with Crippen molar-refractivity contribution in [1.82, 2.24) is 0 Å². The molecule has 2 nitrogen and oxygen atoms in total. The first-order valence-corrected chi connectivity index (χ1v) is 6.19. The Kier molecular flexibility index (Phi) is 6.23. The van der Waals surface area contributed by atoms with Gasteiger partial charge in [-0.3, -0.25) is 0 Å². The first-order chi connectivity index (χ1) is 8.30. The van der Waals surface area contributed by atoms with Crippen LogP contribution in [-0.4, -0.2) is 14.2 Å². The Hall–Kier alpha value is -1.44. The normalized spacial score (nSPS) is 10.8. The van der Waals surface area contributed by atoms with Crippen molar-refractivity contribution in [2.75, 3.05) is 14.2 Å². The highest BCUT2D eigenvalue weighted by Gasteiger charge is 1.98. The maximum absolute atomic E-state index is 5.23. The molecule has 0 amide bonds. The van der Waals surface area contributed by atoms with Gasteiger partial charge in [0.15, 0.2) is 0 Å². The minimum atomic E-state index is 0.831. The van der Waals surface area contributed by atoms with Gasteiger partial charge in [-0.2, -0.15) is 0 Å². The minimum absolute atomic E-state index is 0.831. The maximum atomic E-state index is 5.23. The average Bonchev–Trinajstić information content (AvgIpc) is 2.38. The molecule has 0 aliphatic heterocycles. The van der Waals surface area contributed by atoms with Crippen molar-refractivity contribution in [2.24, 2.45) is 0 Å². The van der Waals surface area contributed by atoms with E-state index in [9.17, 15) is 0 Å². The topological polar surface area (TPSA) is 18.5 Å². The monoisotopic (exact) mass is 234 g/mol. The minimum Gasteiger partial charge on any atom is -0.497 e. The highest BCUT2D eigenvalue weighted by molar-refractivity contribution is 5.55.